The molecule has 1 aliphatic rings. The van der Waals surface area contributed by atoms with Gasteiger partial charge in [-0.2, -0.15) is 0 Å². The minimum Gasteiger partial charge on any atom is -0.477 e. The van der Waals surface area contributed by atoms with Crippen LogP contribution in [0.15, 0.2) is 16.9 Å². The molecule has 1 unspecified atom stereocenters. The second-order valence-corrected chi connectivity index (χ2v) is 5.70. The minimum absolute atomic E-state index is 0.0781. The third kappa shape index (κ3) is 3.17. The lowest BCUT2D eigenvalue weighted by Crippen LogP contribution is -2.44. The lowest BCUT2D eigenvalue weighted by Gasteiger charge is -2.32. The summed E-state index contributed by atoms with van der Waals surface area (Å²) in [6, 6.07) is 0. The number of rotatable bonds is 4. The molecule has 2 aromatic rings. The summed E-state index contributed by atoms with van der Waals surface area (Å²) in [4.78, 5) is 22.7. The van der Waals surface area contributed by atoms with E-state index in [1.165, 1.54) is 7.11 Å². The average molecular weight is 332 g/mol. The van der Waals surface area contributed by atoms with Gasteiger partial charge >= 0.3 is 0 Å². The topological polar surface area (TPSA) is 90.6 Å². The molecular weight excluding hydrogens is 312 g/mol. The first-order valence-electron chi connectivity index (χ1n) is 7.84. The molecule has 8 nitrogen and oxygen atoms in total. The van der Waals surface area contributed by atoms with Gasteiger partial charge in [-0.15, -0.1) is 0 Å². The van der Waals surface area contributed by atoms with Gasteiger partial charge in [-0.25, -0.2) is 9.97 Å². The summed E-state index contributed by atoms with van der Waals surface area (Å²) in [6.07, 6.45) is 4.62. The molecule has 2 aromatic heterocycles. The molecule has 1 fully saturated rings. The fraction of sp³-hybridized carbons (Fsp3) is 0.500. The van der Waals surface area contributed by atoms with Crippen molar-refractivity contribution in [3.05, 3.63) is 29.4 Å². The van der Waals surface area contributed by atoms with Gasteiger partial charge in [0.15, 0.2) is 0 Å². The van der Waals surface area contributed by atoms with Gasteiger partial charge in [-0.05, 0) is 26.7 Å². The van der Waals surface area contributed by atoms with E-state index >= 15 is 0 Å². The Morgan fingerprint density at radius 1 is 1.29 bits per heavy atom. The van der Waals surface area contributed by atoms with E-state index in [9.17, 15) is 4.79 Å². The smallest absolute Gasteiger partial charge is 0.278 e. The van der Waals surface area contributed by atoms with Crippen LogP contribution in [0.5, 0.6) is 11.8 Å². The van der Waals surface area contributed by atoms with Crippen molar-refractivity contribution in [2.75, 3.05) is 20.2 Å². The van der Waals surface area contributed by atoms with E-state index in [1.807, 2.05) is 0 Å². The normalized spacial score (nSPS) is 17.6. The largest absolute Gasteiger partial charge is 0.477 e. The van der Waals surface area contributed by atoms with Crippen LogP contribution in [-0.2, 0) is 0 Å². The van der Waals surface area contributed by atoms with Gasteiger partial charge in [0.05, 0.1) is 19.3 Å². The SMILES string of the molecule is COc1nccnc1OC1CCCN(C(=O)c2c(C)noc2C)C1. The third-order valence-corrected chi connectivity index (χ3v) is 4.02. The van der Waals surface area contributed by atoms with E-state index < -0.39 is 0 Å². The van der Waals surface area contributed by atoms with Crippen LogP contribution in [0.3, 0.4) is 0 Å². The predicted molar refractivity (Wildman–Crippen MR) is 84.1 cm³/mol. The van der Waals surface area contributed by atoms with Gasteiger partial charge in [0.25, 0.3) is 17.7 Å². The lowest BCUT2D eigenvalue weighted by molar-refractivity contribution is 0.0517. The summed E-state index contributed by atoms with van der Waals surface area (Å²) >= 11 is 0. The number of likely N-dealkylation sites (tertiary alicyclic amines) is 1. The molecule has 1 atom stereocenters. The first-order valence-corrected chi connectivity index (χ1v) is 7.84. The summed E-state index contributed by atoms with van der Waals surface area (Å²) in [5.74, 6) is 1.14. The zero-order chi connectivity index (χ0) is 17.1. The predicted octanol–water partition coefficient (Wildman–Crippen LogP) is 1.77. The molecule has 0 aliphatic carbocycles. The van der Waals surface area contributed by atoms with Crippen LogP contribution in [0.1, 0.15) is 34.7 Å². The Labute approximate surface area is 139 Å². The molecule has 0 bridgehead atoms. The summed E-state index contributed by atoms with van der Waals surface area (Å²) in [7, 11) is 1.52. The Kier molecular flexibility index (Phi) is 4.64. The highest BCUT2D eigenvalue weighted by Gasteiger charge is 2.29. The maximum Gasteiger partial charge on any atom is 0.278 e. The van der Waals surface area contributed by atoms with Crippen molar-refractivity contribution in [2.24, 2.45) is 0 Å². The molecule has 128 valence electrons. The first kappa shape index (κ1) is 16.2. The number of hydrogen-bond donors (Lipinski definition) is 0. The van der Waals surface area contributed by atoms with Crippen molar-refractivity contribution in [3.63, 3.8) is 0 Å². The number of methoxy groups -OCH3 is 1. The zero-order valence-electron chi connectivity index (χ0n) is 14.0. The molecule has 0 N–H and O–H groups in total. The summed E-state index contributed by atoms with van der Waals surface area (Å²) in [6.45, 7) is 4.67. The van der Waals surface area contributed by atoms with Crippen LogP contribution in [0, 0.1) is 13.8 Å². The fourth-order valence-corrected chi connectivity index (χ4v) is 2.86. The van der Waals surface area contributed by atoms with Crippen LogP contribution >= 0.6 is 0 Å². The van der Waals surface area contributed by atoms with E-state index in [2.05, 4.69) is 15.1 Å². The van der Waals surface area contributed by atoms with E-state index in [1.54, 1.807) is 31.1 Å². The second kappa shape index (κ2) is 6.86. The number of piperidine rings is 1. The Morgan fingerprint density at radius 3 is 2.71 bits per heavy atom. The summed E-state index contributed by atoms with van der Waals surface area (Å²) < 4.78 is 16.2. The van der Waals surface area contributed by atoms with Gasteiger partial charge < -0.3 is 18.9 Å². The summed E-state index contributed by atoms with van der Waals surface area (Å²) in [5.41, 5.74) is 1.14. The quantitative estimate of drug-likeness (QED) is 0.842. The molecule has 24 heavy (non-hydrogen) atoms. The number of aromatic nitrogens is 3. The van der Waals surface area contributed by atoms with Crippen LogP contribution in [0.4, 0.5) is 0 Å². The maximum absolute atomic E-state index is 12.7. The number of hydrogen-bond acceptors (Lipinski definition) is 7. The summed E-state index contributed by atoms with van der Waals surface area (Å²) in [5, 5.41) is 3.85. The molecule has 0 radical (unpaired) electrons. The number of ether oxygens (including phenoxy) is 2. The lowest BCUT2D eigenvalue weighted by atomic mass is 10.1. The minimum atomic E-state index is -0.159. The van der Waals surface area contributed by atoms with Crippen LogP contribution in [-0.4, -0.2) is 52.2 Å². The highest BCUT2D eigenvalue weighted by molar-refractivity contribution is 5.96. The molecule has 0 spiro atoms. The van der Waals surface area contributed by atoms with Crippen molar-refractivity contribution in [2.45, 2.75) is 32.8 Å². The number of carbonyl (C=O) groups excluding carboxylic acids is 1. The molecule has 0 saturated carbocycles. The molecule has 3 heterocycles. The van der Waals surface area contributed by atoms with E-state index in [0.29, 0.717) is 41.9 Å². The van der Waals surface area contributed by atoms with Crippen molar-refractivity contribution in [3.8, 4) is 11.8 Å². The average Bonchev–Trinajstić information content (AvgIpc) is 2.93. The number of aryl methyl sites for hydroxylation is 2. The van der Waals surface area contributed by atoms with Crippen LogP contribution in [0.2, 0.25) is 0 Å². The van der Waals surface area contributed by atoms with Crippen molar-refractivity contribution in [1.82, 2.24) is 20.0 Å². The second-order valence-electron chi connectivity index (χ2n) is 5.70. The molecule has 0 aromatic carbocycles. The Bertz CT molecular complexity index is 711. The van der Waals surface area contributed by atoms with E-state index in [-0.39, 0.29) is 12.0 Å². The molecular formula is C16H20N4O4. The van der Waals surface area contributed by atoms with Gasteiger partial charge in [0.2, 0.25) is 0 Å². The first-order chi connectivity index (χ1) is 11.6. The van der Waals surface area contributed by atoms with Crippen molar-refractivity contribution >= 4 is 5.91 Å². The highest BCUT2D eigenvalue weighted by Crippen LogP contribution is 2.25. The molecule has 1 saturated heterocycles. The monoisotopic (exact) mass is 332 g/mol. The highest BCUT2D eigenvalue weighted by atomic mass is 16.5. The fourth-order valence-electron chi connectivity index (χ4n) is 2.86. The van der Waals surface area contributed by atoms with E-state index in [4.69, 9.17) is 14.0 Å². The number of carbonyl (C=O) groups is 1. The standard InChI is InChI=1S/C16H20N4O4/c1-10-13(11(2)24-19-10)16(21)20-8-4-5-12(9-20)23-15-14(22-3)17-6-7-18-15/h6-7,12H,4-5,8-9H2,1-3H3. The molecule has 1 amide bonds. The Balaban J connectivity index is 1.71. The zero-order valence-corrected chi connectivity index (χ0v) is 14.0. The van der Waals surface area contributed by atoms with Crippen LogP contribution < -0.4 is 9.47 Å². The molecule has 3 rings (SSSR count). The van der Waals surface area contributed by atoms with Gasteiger partial charge in [-0.3, -0.25) is 4.79 Å². The van der Waals surface area contributed by atoms with Crippen molar-refractivity contribution in [1.29, 1.82) is 0 Å². The van der Waals surface area contributed by atoms with Gasteiger partial charge in [0, 0.05) is 18.9 Å². The van der Waals surface area contributed by atoms with Crippen LogP contribution in [0.25, 0.3) is 0 Å². The van der Waals surface area contributed by atoms with Gasteiger partial charge in [0.1, 0.15) is 17.4 Å². The number of amides is 1. The third-order valence-electron chi connectivity index (χ3n) is 4.02. The number of nitrogens with zero attached hydrogens (tertiary/aromatic N) is 4. The van der Waals surface area contributed by atoms with E-state index in [0.717, 1.165) is 12.8 Å². The van der Waals surface area contributed by atoms with Crippen molar-refractivity contribution < 1.29 is 18.8 Å². The Hall–Kier alpha value is -2.64. The Morgan fingerprint density at radius 2 is 2.04 bits per heavy atom. The maximum atomic E-state index is 12.7. The molecule has 8 heteroatoms. The van der Waals surface area contributed by atoms with Gasteiger partial charge in [-0.1, -0.05) is 5.16 Å². The molecule has 1 aliphatic heterocycles.